The fourth-order valence-electron chi connectivity index (χ4n) is 3.43. The number of benzene rings is 1. The van der Waals surface area contributed by atoms with Gasteiger partial charge in [0.2, 0.25) is 5.95 Å². The molecular formula is C19H24N8O2. The first kappa shape index (κ1) is 19.1. The Hall–Kier alpha value is -3.24. The topological polar surface area (TPSA) is 162 Å². The highest BCUT2D eigenvalue weighted by Crippen LogP contribution is 2.28. The van der Waals surface area contributed by atoms with E-state index in [4.69, 9.17) is 21.9 Å². The molecule has 1 saturated heterocycles. The van der Waals surface area contributed by atoms with Gasteiger partial charge in [-0.25, -0.2) is 9.97 Å². The summed E-state index contributed by atoms with van der Waals surface area (Å²) >= 11 is 0. The Labute approximate surface area is 167 Å². The van der Waals surface area contributed by atoms with Crippen LogP contribution < -0.4 is 21.9 Å². The van der Waals surface area contributed by atoms with Crippen LogP contribution in [0.4, 0.5) is 17.6 Å². The monoisotopic (exact) mass is 396 g/mol. The first-order valence-corrected chi connectivity index (χ1v) is 9.49. The summed E-state index contributed by atoms with van der Waals surface area (Å²) in [4.78, 5) is 18.9. The summed E-state index contributed by atoms with van der Waals surface area (Å²) in [5.74, 6) is 1.03. The third kappa shape index (κ3) is 4.28. The predicted octanol–water partition coefficient (Wildman–Crippen LogP) is 0.669. The van der Waals surface area contributed by atoms with E-state index >= 15 is 0 Å². The van der Waals surface area contributed by atoms with E-state index in [-0.39, 0.29) is 29.8 Å². The molecule has 4 rings (SSSR count). The number of nitrogens with two attached hydrogens (primary N) is 3. The third-order valence-electron chi connectivity index (χ3n) is 4.84. The number of aliphatic hydroxyl groups excluding tert-OH is 1. The Balaban J connectivity index is 1.46. The molecule has 1 aromatic carbocycles. The molecule has 2 aromatic heterocycles. The minimum absolute atomic E-state index is 0.0184. The van der Waals surface area contributed by atoms with Crippen LogP contribution in [-0.4, -0.2) is 62.3 Å². The van der Waals surface area contributed by atoms with Crippen LogP contribution in [0.2, 0.25) is 0 Å². The summed E-state index contributed by atoms with van der Waals surface area (Å²) in [6.45, 7) is 2.96. The minimum atomic E-state index is -0.523. The molecule has 1 aliphatic rings. The van der Waals surface area contributed by atoms with Gasteiger partial charge in [0.15, 0.2) is 22.8 Å². The molecule has 1 aliphatic heterocycles. The molecule has 0 radical (unpaired) electrons. The first-order valence-electron chi connectivity index (χ1n) is 9.49. The SMILES string of the molecule is Nc1nc(N)c2nc(-c3ccc(OCC(O)CN4CCCC4)cc3)c(N)nc2n1. The van der Waals surface area contributed by atoms with Crippen LogP contribution in [-0.2, 0) is 0 Å². The standard InChI is InChI=1S/C19H24N8O2/c20-16-14(23-15-17(21)25-19(22)26-18(15)24-16)11-3-5-13(6-4-11)29-10-12(28)9-27-7-1-2-8-27/h3-6,12,28H,1-2,7-10H2,(H6,20,21,22,24,25,26). The molecule has 3 heterocycles. The van der Waals surface area contributed by atoms with Crippen LogP contribution in [0.15, 0.2) is 24.3 Å². The van der Waals surface area contributed by atoms with Gasteiger partial charge in [-0.2, -0.15) is 9.97 Å². The summed E-state index contributed by atoms with van der Waals surface area (Å²) in [5.41, 5.74) is 19.3. The molecule has 1 fully saturated rings. The molecule has 3 aromatic rings. The second-order valence-electron chi connectivity index (χ2n) is 7.09. The maximum Gasteiger partial charge on any atom is 0.224 e. The molecule has 0 bridgehead atoms. The quantitative estimate of drug-likeness (QED) is 0.465. The zero-order valence-electron chi connectivity index (χ0n) is 16.0. The van der Waals surface area contributed by atoms with E-state index in [1.165, 1.54) is 12.8 Å². The molecule has 152 valence electrons. The Morgan fingerprint density at radius 3 is 2.41 bits per heavy atom. The Kier molecular flexibility index (Phi) is 5.28. The molecule has 29 heavy (non-hydrogen) atoms. The fraction of sp³-hybridized carbons (Fsp3) is 0.368. The maximum atomic E-state index is 10.2. The van der Waals surface area contributed by atoms with Gasteiger partial charge >= 0.3 is 0 Å². The van der Waals surface area contributed by atoms with Crippen LogP contribution in [0.25, 0.3) is 22.4 Å². The van der Waals surface area contributed by atoms with Crippen molar-refractivity contribution in [3.05, 3.63) is 24.3 Å². The number of nitrogen functional groups attached to an aromatic ring is 3. The van der Waals surface area contributed by atoms with E-state index in [0.29, 0.717) is 23.5 Å². The third-order valence-corrected chi connectivity index (χ3v) is 4.84. The number of likely N-dealkylation sites (tertiary alicyclic amines) is 1. The Bertz CT molecular complexity index is 1010. The number of aliphatic hydroxyl groups is 1. The maximum absolute atomic E-state index is 10.2. The van der Waals surface area contributed by atoms with Gasteiger partial charge in [-0.1, -0.05) is 0 Å². The van der Waals surface area contributed by atoms with Crippen molar-refractivity contribution >= 4 is 28.7 Å². The molecule has 10 nitrogen and oxygen atoms in total. The highest BCUT2D eigenvalue weighted by molar-refractivity contribution is 5.87. The van der Waals surface area contributed by atoms with Crippen molar-refractivity contribution in [3.63, 3.8) is 0 Å². The number of hydrogen-bond donors (Lipinski definition) is 4. The van der Waals surface area contributed by atoms with Crippen molar-refractivity contribution in [1.82, 2.24) is 24.8 Å². The van der Waals surface area contributed by atoms with E-state index in [2.05, 4.69) is 24.8 Å². The normalized spacial score (nSPS) is 15.6. The van der Waals surface area contributed by atoms with Crippen LogP contribution >= 0.6 is 0 Å². The highest BCUT2D eigenvalue weighted by Gasteiger charge is 2.16. The Morgan fingerprint density at radius 2 is 1.69 bits per heavy atom. The average molecular weight is 396 g/mol. The minimum Gasteiger partial charge on any atom is -0.491 e. The largest absolute Gasteiger partial charge is 0.491 e. The van der Waals surface area contributed by atoms with Crippen molar-refractivity contribution in [2.45, 2.75) is 18.9 Å². The van der Waals surface area contributed by atoms with E-state index < -0.39 is 6.10 Å². The zero-order valence-corrected chi connectivity index (χ0v) is 16.0. The second-order valence-corrected chi connectivity index (χ2v) is 7.09. The van der Waals surface area contributed by atoms with Crippen molar-refractivity contribution in [1.29, 1.82) is 0 Å². The lowest BCUT2D eigenvalue weighted by Crippen LogP contribution is -2.33. The molecule has 1 atom stereocenters. The second kappa shape index (κ2) is 8.02. The van der Waals surface area contributed by atoms with E-state index in [0.717, 1.165) is 18.7 Å². The molecule has 10 heteroatoms. The van der Waals surface area contributed by atoms with Crippen LogP contribution in [0.1, 0.15) is 12.8 Å². The number of anilines is 3. The number of β-amino-alcohol motifs (C(OH)–C–C–N with tert-alkyl or cyclic N) is 1. The lowest BCUT2D eigenvalue weighted by molar-refractivity contribution is 0.0758. The number of fused-ring (bicyclic) bond motifs is 1. The van der Waals surface area contributed by atoms with Crippen molar-refractivity contribution in [3.8, 4) is 17.0 Å². The number of aromatic nitrogens is 4. The summed E-state index contributed by atoms with van der Waals surface area (Å²) in [5, 5.41) is 10.2. The van der Waals surface area contributed by atoms with Crippen molar-refractivity contribution in [2.24, 2.45) is 0 Å². The first-order chi connectivity index (χ1) is 14.0. The van der Waals surface area contributed by atoms with Gasteiger partial charge in [0.05, 0.1) is 0 Å². The van der Waals surface area contributed by atoms with Gasteiger partial charge in [-0.05, 0) is 50.2 Å². The number of nitrogens with zero attached hydrogens (tertiary/aromatic N) is 5. The Morgan fingerprint density at radius 1 is 0.966 bits per heavy atom. The van der Waals surface area contributed by atoms with Crippen LogP contribution in [0.5, 0.6) is 5.75 Å². The number of ether oxygens (including phenoxy) is 1. The van der Waals surface area contributed by atoms with Crippen molar-refractivity contribution < 1.29 is 9.84 Å². The van der Waals surface area contributed by atoms with Gasteiger partial charge in [0.1, 0.15) is 24.2 Å². The lowest BCUT2D eigenvalue weighted by Gasteiger charge is -2.19. The van der Waals surface area contributed by atoms with Crippen LogP contribution in [0.3, 0.4) is 0 Å². The summed E-state index contributed by atoms with van der Waals surface area (Å²) in [6.07, 6.45) is 1.87. The van der Waals surface area contributed by atoms with Gasteiger partial charge in [0.25, 0.3) is 0 Å². The molecule has 0 spiro atoms. The molecule has 1 unspecified atom stereocenters. The number of hydrogen-bond acceptors (Lipinski definition) is 10. The highest BCUT2D eigenvalue weighted by atomic mass is 16.5. The lowest BCUT2D eigenvalue weighted by atomic mass is 10.1. The van der Waals surface area contributed by atoms with Gasteiger partial charge in [0, 0.05) is 12.1 Å². The van der Waals surface area contributed by atoms with Gasteiger partial charge in [-0.3, -0.25) is 0 Å². The van der Waals surface area contributed by atoms with Crippen molar-refractivity contribution in [2.75, 3.05) is 43.4 Å². The van der Waals surface area contributed by atoms with E-state index in [1.54, 1.807) is 12.1 Å². The smallest absolute Gasteiger partial charge is 0.224 e. The van der Waals surface area contributed by atoms with E-state index in [1.807, 2.05) is 12.1 Å². The molecule has 0 saturated carbocycles. The van der Waals surface area contributed by atoms with E-state index in [9.17, 15) is 5.11 Å². The summed E-state index contributed by atoms with van der Waals surface area (Å²) < 4.78 is 5.70. The fourth-order valence-corrected chi connectivity index (χ4v) is 3.43. The molecular weight excluding hydrogens is 372 g/mol. The molecule has 0 amide bonds. The zero-order chi connectivity index (χ0) is 20.4. The van der Waals surface area contributed by atoms with Gasteiger partial charge < -0.3 is 31.9 Å². The predicted molar refractivity (Wildman–Crippen MR) is 111 cm³/mol. The average Bonchev–Trinajstić information content (AvgIpc) is 3.19. The molecule has 0 aliphatic carbocycles. The number of rotatable bonds is 6. The van der Waals surface area contributed by atoms with Gasteiger partial charge in [-0.15, -0.1) is 0 Å². The summed E-state index contributed by atoms with van der Waals surface area (Å²) in [6, 6.07) is 7.24. The summed E-state index contributed by atoms with van der Waals surface area (Å²) in [7, 11) is 0. The van der Waals surface area contributed by atoms with Crippen LogP contribution in [0, 0.1) is 0 Å². The molecule has 7 N–H and O–H groups in total.